The predicted molar refractivity (Wildman–Crippen MR) is 89.7 cm³/mol. The molecule has 0 aliphatic carbocycles. The van der Waals surface area contributed by atoms with Crippen LogP contribution in [0, 0.1) is 0 Å². The molecule has 7 heteroatoms. The lowest BCUT2D eigenvalue weighted by Crippen LogP contribution is -2.19. The van der Waals surface area contributed by atoms with Gasteiger partial charge in [0.2, 0.25) is 0 Å². The number of furan rings is 1. The summed E-state index contributed by atoms with van der Waals surface area (Å²) in [5.74, 6) is 0.820. The molecule has 1 unspecified atom stereocenters. The van der Waals surface area contributed by atoms with Crippen LogP contribution in [0.5, 0.6) is 0 Å². The first-order valence-electron chi connectivity index (χ1n) is 6.88. The Balaban J connectivity index is 1.63. The maximum Gasteiger partial charge on any atom is 0.338 e. The zero-order valence-electron chi connectivity index (χ0n) is 11.7. The predicted octanol–water partition coefficient (Wildman–Crippen LogP) is 3.03. The van der Waals surface area contributed by atoms with Crippen LogP contribution < -0.4 is 5.32 Å². The number of hydrogen-bond donors (Lipinski definition) is 2. The summed E-state index contributed by atoms with van der Waals surface area (Å²) in [4.78, 5) is 23.7. The normalized spacial score (nSPS) is 21.4. The van der Waals surface area contributed by atoms with Gasteiger partial charge in [-0.25, -0.2) is 4.79 Å². The second-order valence-corrected chi connectivity index (χ2v) is 7.12. The molecule has 1 aromatic heterocycles. The van der Waals surface area contributed by atoms with Gasteiger partial charge in [-0.3, -0.25) is 4.79 Å². The van der Waals surface area contributed by atoms with Gasteiger partial charge in [0.25, 0.3) is 5.91 Å². The van der Waals surface area contributed by atoms with E-state index in [-0.39, 0.29) is 16.6 Å². The first-order chi connectivity index (χ1) is 11.1. The lowest BCUT2D eigenvalue weighted by molar-refractivity contribution is -0.116. The summed E-state index contributed by atoms with van der Waals surface area (Å²) in [5, 5.41) is 2.69. The molecule has 2 aromatic rings. The number of rotatable bonds is 2. The highest BCUT2D eigenvalue weighted by atomic mass is 32.2. The molecule has 1 saturated heterocycles. The summed E-state index contributed by atoms with van der Waals surface area (Å²) in [6.07, 6.45) is 1.69. The summed E-state index contributed by atoms with van der Waals surface area (Å²) in [6, 6.07) is 9.09. The van der Waals surface area contributed by atoms with Crippen molar-refractivity contribution in [1.82, 2.24) is 5.32 Å². The van der Waals surface area contributed by atoms with Gasteiger partial charge in [0.05, 0.1) is 10.5 Å². The average molecular weight is 345 g/mol. The number of amides is 1. The van der Waals surface area contributed by atoms with Crippen molar-refractivity contribution in [2.45, 2.75) is 11.3 Å². The van der Waals surface area contributed by atoms with Crippen LogP contribution in [0.3, 0.4) is 0 Å². The van der Waals surface area contributed by atoms with E-state index in [0.717, 1.165) is 11.1 Å². The maximum absolute atomic E-state index is 11.7. The number of fused-ring (bicyclic) bond motifs is 1. The van der Waals surface area contributed by atoms with Gasteiger partial charge >= 0.3 is 5.97 Å². The number of ether oxygens (including phenoxy) is 1. The number of carbonyl (C=O) groups is 2. The third kappa shape index (κ3) is 2.66. The van der Waals surface area contributed by atoms with Gasteiger partial charge in [-0.1, -0.05) is 17.8 Å². The second kappa shape index (κ2) is 5.50. The SMILES string of the molecule is O=C1NC(S)S/C1=C\c1ccc(-c2ccc3c(c2)COC3=O)o1. The minimum Gasteiger partial charge on any atom is -0.457 e. The van der Waals surface area contributed by atoms with Crippen molar-refractivity contribution in [2.24, 2.45) is 0 Å². The third-order valence-corrected chi connectivity index (χ3v) is 4.93. The molecule has 5 nitrogen and oxygen atoms in total. The highest BCUT2D eigenvalue weighted by molar-refractivity contribution is 8.14. The number of thiol groups is 1. The van der Waals surface area contributed by atoms with Crippen LogP contribution in [0.4, 0.5) is 0 Å². The summed E-state index contributed by atoms with van der Waals surface area (Å²) in [6.45, 7) is 0.291. The second-order valence-electron chi connectivity index (χ2n) is 5.10. The topological polar surface area (TPSA) is 68.5 Å². The van der Waals surface area contributed by atoms with E-state index in [1.54, 1.807) is 18.2 Å². The van der Waals surface area contributed by atoms with Crippen LogP contribution in [0.25, 0.3) is 17.4 Å². The Hall–Kier alpha value is -2.12. The molecule has 23 heavy (non-hydrogen) atoms. The molecule has 0 spiro atoms. The Morgan fingerprint density at radius 2 is 2.13 bits per heavy atom. The van der Waals surface area contributed by atoms with Gasteiger partial charge in [0.15, 0.2) is 0 Å². The van der Waals surface area contributed by atoms with E-state index in [2.05, 4.69) is 17.9 Å². The van der Waals surface area contributed by atoms with E-state index in [1.807, 2.05) is 18.2 Å². The summed E-state index contributed by atoms with van der Waals surface area (Å²) in [5.41, 5.74) is 2.32. The Morgan fingerprint density at radius 3 is 2.91 bits per heavy atom. The largest absolute Gasteiger partial charge is 0.457 e. The Kier molecular flexibility index (Phi) is 3.46. The zero-order chi connectivity index (χ0) is 16.0. The molecule has 2 aliphatic heterocycles. The van der Waals surface area contributed by atoms with Crippen molar-refractivity contribution >= 4 is 42.3 Å². The van der Waals surface area contributed by atoms with E-state index in [1.165, 1.54) is 11.8 Å². The van der Waals surface area contributed by atoms with Crippen LogP contribution in [-0.2, 0) is 16.1 Å². The average Bonchev–Trinajstić information content (AvgIpc) is 3.21. The molecule has 0 radical (unpaired) electrons. The van der Waals surface area contributed by atoms with Crippen LogP contribution in [-0.4, -0.2) is 16.6 Å². The van der Waals surface area contributed by atoms with Crippen molar-refractivity contribution in [2.75, 3.05) is 0 Å². The number of nitrogens with one attached hydrogen (secondary N) is 1. The number of benzene rings is 1. The first kappa shape index (κ1) is 14.5. The lowest BCUT2D eigenvalue weighted by Gasteiger charge is -1.99. The number of hydrogen-bond acceptors (Lipinski definition) is 6. The number of carbonyl (C=O) groups excluding carboxylic acids is 2. The molecule has 3 heterocycles. The number of thioether (sulfide) groups is 1. The Morgan fingerprint density at radius 1 is 1.26 bits per heavy atom. The first-order valence-corrected chi connectivity index (χ1v) is 8.27. The third-order valence-electron chi connectivity index (χ3n) is 3.59. The highest BCUT2D eigenvalue weighted by Crippen LogP contribution is 2.33. The summed E-state index contributed by atoms with van der Waals surface area (Å²) < 4.78 is 10.6. The van der Waals surface area contributed by atoms with Gasteiger partial charge in [-0.15, -0.1) is 12.6 Å². The molecule has 0 bridgehead atoms. The van der Waals surface area contributed by atoms with E-state index >= 15 is 0 Å². The molecule has 0 saturated carbocycles. The zero-order valence-corrected chi connectivity index (χ0v) is 13.4. The quantitative estimate of drug-likeness (QED) is 0.497. The number of cyclic esters (lactones) is 1. The molecular weight excluding hydrogens is 334 g/mol. The van der Waals surface area contributed by atoms with Crippen molar-refractivity contribution in [3.63, 3.8) is 0 Å². The molecule has 116 valence electrons. The van der Waals surface area contributed by atoms with Gasteiger partial charge in [0.1, 0.15) is 22.8 Å². The van der Waals surface area contributed by atoms with E-state index in [4.69, 9.17) is 9.15 Å². The molecule has 1 N–H and O–H groups in total. The molecule has 1 atom stereocenters. The minimum atomic E-state index is -0.290. The number of esters is 1. The van der Waals surface area contributed by atoms with E-state index in [9.17, 15) is 9.59 Å². The lowest BCUT2D eigenvalue weighted by atomic mass is 10.0. The fourth-order valence-corrected chi connectivity index (χ4v) is 3.70. The highest BCUT2D eigenvalue weighted by Gasteiger charge is 2.25. The standard InChI is InChI=1S/C16H11NO4S2/c18-14-13(23-16(22)17-14)6-10-2-4-12(21-10)8-1-3-11-9(5-8)7-20-15(11)19/h1-6,16,22H,7H2,(H,17,18)/b13-6-. The fourth-order valence-electron chi connectivity index (χ4n) is 2.49. The molecule has 4 rings (SSSR count). The van der Waals surface area contributed by atoms with Crippen LogP contribution >= 0.6 is 24.4 Å². The van der Waals surface area contributed by atoms with Crippen LogP contribution in [0.15, 0.2) is 39.7 Å². The van der Waals surface area contributed by atoms with Crippen LogP contribution in [0.1, 0.15) is 21.7 Å². The fraction of sp³-hybridized carbons (Fsp3) is 0.125. The van der Waals surface area contributed by atoms with Crippen molar-refractivity contribution in [3.05, 3.63) is 52.1 Å². The summed E-state index contributed by atoms with van der Waals surface area (Å²) >= 11 is 5.55. The molecule has 1 amide bonds. The van der Waals surface area contributed by atoms with E-state index in [0.29, 0.717) is 28.6 Å². The van der Waals surface area contributed by atoms with Gasteiger partial charge in [-0.2, -0.15) is 0 Å². The van der Waals surface area contributed by atoms with Crippen LogP contribution in [0.2, 0.25) is 0 Å². The monoisotopic (exact) mass is 345 g/mol. The minimum absolute atomic E-state index is 0.152. The van der Waals surface area contributed by atoms with Crippen molar-refractivity contribution in [3.8, 4) is 11.3 Å². The molecular formula is C16H11NO4S2. The Bertz CT molecular complexity index is 856. The van der Waals surface area contributed by atoms with Crippen molar-refractivity contribution in [1.29, 1.82) is 0 Å². The van der Waals surface area contributed by atoms with Gasteiger partial charge < -0.3 is 14.5 Å². The molecule has 1 fully saturated rings. The van der Waals surface area contributed by atoms with Gasteiger partial charge in [-0.05, 0) is 24.3 Å². The van der Waals surface area contributed by atoms with Crippen molar-refractivity contribution < 1.29 is 18.7 Å². The summed E-state index contributed by atoms with van der Waals surface area (Å²) in [7, 11) is 0. The Labute approximate surface area is 141 Å². The smallest absolute Gasteiger partial charge is 0.338 e. The maximum atomic E-state index is 11.7. The molecule has 2 aliphatic rings. The van der Waals surface area contributed by atoms with E-state index < -0.39 is 0 Å². The molecule has 1 aromatic carbocycles. The van der Waals surface area contributed by atoms with Gasteiger partial charge in [0, 0.05) is 17.2 Å².